The quantitative estimate of drug-likeness (QED) is 0.895. The number of nitrogens with zero attached hydrogens (tertiary/aromatic N) is 1. The number of aromatic nitrogens is 1. The van der Waals surface area contributed by atoms with Crippen LogP contribution < -0.4 is 5.32 Å². The summed E-state index contributed by atoms with van der Waals surface area (Å²) in [7, 11) is 0. The molecule has 1 amide bonds. The molecule has 0 spiro atoms. The second-order valence-corrected chi connectivity index (χ2v) is 4.40. The number of carbonyl (C=O) groups is 1. The molecular formula is C15H18N2O. The van der Waals surface area contributed by atoms with Gasteiger partial charge in [-0.2, -0.15) is 0 Å². The molecule has 0 unspecified atom stereocenters. The van der Waals surface area contributed by atoms with Gasteiger partial charge in [0.1, 0.15) is 0 Å². The molecule has 0 bridgehead atoms. The summed E-state index contributed by atoms with van der Waals surface area (Å²) in [5.41, 5.74) is 3.18. The number of rotatable bonds is 4. The summed E-state index contributed by atoms with van der Waals surface area (Å²) in [6, 6.07) is 10.2. The minimum atomic E-state index is 0.0872. The normalized spacial score (nSPS) is 10.6. The van der Waals surface area contributed by atoms with Gasteiger partial charge in [-0.15, -0.1) is 0 Å². The molecule has 94 valence electrons. The van der Waals surface area contributed by atoms with E-state index in [-0.39, 0.29) is 5.91 Å². The first-order valence-electron chi connectivity index (χ1n) is 6.32. The van der Waals surface area contributed by atoms with Crippen molar-refractivity contribution in [3.05, 3.63) is 41.6 Å². The summed E-state index contributed by atoms with van der Waals surface area (Å²) in [6.45, 7) is 4.67. The largest absolute Gasteiger partial charge is 0.356 e. The highest BCUT2D eigenvalue weighted by Gasteiger charge is 2.04. The van der Waals surface area contributed by atoms with E-state index in [4.69, 9.17) is 0 Å². The number of benzene rings is 1. The number of hydrogen-bond acceptors (Lipinski definition) is 2. The van der Waals surface area contributed by atoms with E-state index in [1.807, 2.05) is 19.1 Å². The number of fused-ring (bicyclic) bond motifs is 1. The molecule has 0 aliphatic rings. The Morgan fingerprint density at radius 3 is 2.89 bits per heavy atom. The second-order valence-electron chi connectivity index (χ2n) is 4.40. The fraction of sp³-hybridized carbons (Fsp3) is 0.333. The highest BCUT2D eigenvalue weighted by Crippen LogP contribution is 2.16. The average Bonchev–Trinajstić information content (AvgIpc) is 2.37. The van der Waals surface area contributed by atoms with Crippen LogP contribution in [0.15, 0.2) is 30.3 Å². The van der Waals surface area contributed by atoms with Gasteiger partial charge in [0.25, 0.3) is 0 Å². The van der Waals surface area contributed by atoms with Crippen LogP contribution in [-0.2, 0) is 11.2 Å². The van der Waals surface area contributed by atoms with Crippen molar-refractivity contribution in [3.63, 3.8) is 0 Å². The van der Waals surface area contributed by atoms with Crippen LogP contribution in [0.4, 0.5) is 0 Å². The third-order valence-corrected chi connectivity index (χ3v) is 2.96. The molecule has 0 atom stereocenters. The van der Waals surface area contributed by atoms with Crippen LogP contribution in [-0.4, -0.2) is 17.4 Å². The van der Waals surface area contributed by atoms with Gasteiger partial charge in [-0.05, 0) is 31.9 Å². The lowest BCUT2D eigenvalue weighted by molar-refractivity contribution is -0.120. The molecule has 1 heterocycles. The zero-order valence-corrected chi connectivity index (χ0v) is 10.9. The first-order chi connectivity index (χ1) is 8.70. The summed E-state index contributed by atoms with van der Waals surface area (Å²) in [5.74, 6) is 0.0872. The van der Waals surface area contributed by atoms with Crippen LogP contribution >= 0.6 is 0 Å². The Morgan fingerprint density at radius 1 is 1.28 bits per heavy atom. The maximum Gasteiger partial charge on any atom is 0.220 e. The first kappa shape index (κ1) is 12.6. The van der Waals surface area contributed by atoms with Gasteiger partial charge in [-0.25, -0.2) is 0 Å². The zero-order chi connectivity index (χ0) is 13.0. The number of pyridine rings is 1. The molecule has 2 rings (SSSR count). The van der Waals surface area contributed by atoms with Crippen LogP contribution in [0.2, 0.25) is 0 Å². The SMILES string of the molecule is CCNC(=O)CCc1ccc2cccc(C)c2n1. The predicted molar refractivity (Wildman–Crippen MR) is 73.5 cm³/mol. The maximum absolute atomic E-state index is 11.4. The fourth-order valence-corrected chi connectivity index (χ4v) is 2.00. The Kier molecular flexibility index (Phi) is 3.92. The Balaban J connectivity index is 2.15. The topological polar surface area (TPSA) is 42.0 Å². The predicted octanol–water partition coefficient (Wildman–Crippen LogP) is 2.61. The molecule has 0 saturated heterocycles. The average molecular weight is 242 g/mol. The monoisotopic (exact) mass is 242 g/mol. The van der Waals surface area contributed by atoms with Gasteiger partial charge in [0.2, 0.25) is 5.91 Å². The van der Waals surface area contributed by atoms with Crippen molar-refractivity contribution in [1.82, 2.24) is 10.3 Å². The van der Waals surface area contributed by atoms with Crippen LogP contribution in [0.25, 0.3) is 10.9 Å². The van der Waals surface area contributed by atoms with E-state index in [0.29, 0.717) is 19.4 Å². The van der Waals surface area contributed by atoms with E-state index in [1.54, 1.807) is 0 Å². The van der Waals surface area contributed by atoms with Gasteiger partial charge >= 0.3 is 0 Å². The van der Waals surface area contributed by atoms with Gasteiger partial charge < -0.3 is 5.32 Å². The molecule has 0 fully saturated rings. The van der Waals surface area contributed by atoms with Crippen molar-refractivity contribution in [2.45, 2.75) is 26.7 Å². The lowest BCUT2D eigenvalue weighted by Gasteiger charge is -2.05. The molecule has 0 saturated carbocycles. The summed E-state index contributed by atoms with van der Waals surface area (Å²) in [6.07, 6.45) is 1.19. The molecule has 1 aromatic carbocycles. The first-order valence-corrected chi connectivity index (χ1v) is 6.32. The number of hydrogen-bond donors (Lipinski definition) is 1. The third-order valence-electron chi connectivity index (χ3n) is 2.96. The van der Waals surface area contributed by atoms with Gasteiger partial charge in [-0.1, -0.05) is 24.3 Å². The summed E-state index contributed by atoms with van der Waals surface area (Å²) in [4.78, 5) is 16.0. The Labute approximate surface area is 107 Å². The number of amides is 1. The van der Waals surface area contributed by atoms with Crippen molar-refractivity contribution in [2.24, 2.45) is 0 Å². The van der Waals surface area contributed by atoms with E-state index in [1.165, 1.54) is 5.56 Å². The number of carbonyl (C=O) groups excluding carboxylic acids is 1. The Morgan fingerprint density at radius 2 is 2.11 bits per heavy atom. The van der Waals surface area contributed by atoms with Gasteiger partial charge in [-0.3, -0.25) is 9.78 Å². The standard InChI is InChI=1S/C15H18N2O/c1-3-16-14(18)10-9-13-8-7-12-6-4-5-11(2)15(12)17-13/h4-8H,3,9-10H2,1-2H3,(H,16,18). The Hall–Kier alpha value is -1.90. The van der Waals surface area contributed by atoms with E-state index in [9.17, 15) is 4.79 Å². The number of para-hydroxylation sites is 1. The second kappa shape index (κ2) is 5.63. The van der Waals surface area contributed by atoms with Crippen LogP contribution in [0.1, 0.15) is 24.6 Å². The fourth-order valence-electron chi connectivity index (χ4n) is 2.00. The van der Waals surface area contributed by atoms with Gasteiger partial charge in [0.15, 0.2) is 0 Å². The summed E-state index contributed by atoms with van der Waals surface area (Å²) >= 11 is 0. The smallest absolute Gasteiger partial charge is 0.220 e. The maximum atomic E-state index is 11.4. The third kappa shape index (κ3) is 2.86. The molecule has 18 heavy (non-hydrogen) atoms. The van der Waals surface area contributed by atoms with Crippen LogP contribution in [0.3, 0.4) is 0 Å². The van der Waals surface area contributed by atoms with Crippen molar-refractivity contribution in [2.75, 3.05) is 6.54 Å². The molecule has 1 N–H and O–H groups in total. The molecule has 0 radical (unpaired) electrons. The highest BCUT2D eigenvalue weighted by molar-refractivity contribution is 5.81. The molecule has 0 aliphatic carbocycles. The zero-order valence-electron chi connectivity index (χ0n) is 10.9. The lowest BCUT2D eigenvalue weighted by Crippen LogP contribution is -2.22. The van der Waals surface area contributed by atoms with Gasteiger partial charge in [0, 0.05) is 24.0 Å². The van der Waals surface area contributed by atoms with E-state index in [2.05, 4.69) is 35.4 Å². The molecule has 3 nitrogen and oxygen atoms in total. The molecular weight excluding hydrogens is 224 g/mol. The van der Waals surface area contributed by atoms with E-state index >= 15 is 0 Å². The van der Waals surface area contributed by atoms with Crippen molar-refractivity contribution < 1.29 is 4.79 Å². The minimum Gasteiger partial charge on any atom is -0.356 e. The molecule has 1 aromatic heterocycles. The van der Waals surface area contributed by atoms with Crippen molar-refractivity contribution in [3.8, 4) is 0 Å². The van der Waals surface area contributed by atoms with Gasteiger partial charge in [0.05, 0.1) is 5.52 Å². The molecule has 0 aliphatic heterocycles. The lowest BCUT2D eigenvalue weighted by atomic mass is 10.1. The van der Waals surface area contributed by atoms with Crippen LogP contribution in [0, 0.1) is 6.92 Å². The number of nitrogens with one attached hydrogen (secondary N) is 1. The number of aryl methyl sites for hydroxylation is 2. The minimum absolute atomic E-state index is 0.0872. The molecule has 2 aromatic rings. The Bertz CT molecular complexity index is 563. The summed E-state index contributed by atoms with van der Waals surface area (Å²) in [5, 5.41) is 3.95. The summed E-state index contributed by atoms with van der Waals surface area (Å²) < 4.78 is 0. The van der Waals surface area contributed by atoms with E-state index < -0.39 is 0 Å². The highest BCUT2D eigenvalue weighted by atomic mass is 16.1. The molecule has 3 heteroatoms. The van der Waals surface area contributed by atoms with Crippen LogP contribution in [0.5, 0.6) is 0 Å². The van der Waals surface area contributed by atoms with Crippen molar-refractivity contribution in [1.29, 1.82) is 0 Å². The van der Waals surface area contributed by atoms with Crippen molar-refractivity contribution >= 4 is 16.8 Å². The van der Waals surface area contributed by atoms with E-state index in [0.717, 1.165) is 16.6 Å².